The number of hydrogen-bond acceptors (Lipinski definition) is 0. The number of rotatable bonds is 0. The van der Waals surface area contributed by atoms with Gasteiger partial charge in [-0.05, 0) is 35.1 Å². The first-order valence-electron chi connectivity index (χ1n) is 7.53. The van der Waals surface area contributed by atoms with Crippen LogP contribution >= 0.6 is 0 Å². The van der Waals surface area contributed by atoms with Crippen LogP contribution in [0.2, 0.25) is 0 Å². The molecule has 4 rings (SSSR count). The van der Waals surface area contributed by atoms with E-state index >= 15 is 0 Å². The molecular formula is C18H19B. The molecule has 2 aliphatic rings. The topological polar surface area (TPSA) is 0 Å². The van der Waals surface area contributed by atoms with Crippen LogP contribution < -0.4 is 5.46 Å². The molecule has 1 saturated carbocycles. The third kappa shape index (κ3) is 1.42. The van der Waals surface area contributed by atoms with Crippen molar-refractivity contribution in [3.05, 3.63) is 53.6 Å². The lowest BCUT2D eigenvalue weighted by molar-refractivity contribution is 0.353. The van der Waals surface area contributed by atoms with Crippen molar-refractivity contribution in [3.63, 3.8) is 0 Å². The molecule has 0 saturated heterocycles. The van der Waals surface area contributed by atoms with Crippen LogP contribution in [-0.2, 0) is 5.41 Å². The summed E-state index contributed by atoms with van der Waals surface area (Å²) in [4.78, 5) is 0. The summed E-state index contributed by atoms with van der Waals surface area (Å²) in [6.07, 6.45) is 6.83. The molecule has 0 N–H and O–H groups in total. The summed E-state index contributed by atoms with van der Waals surface area (Å²) < 4.78 is 0. The molecule has 1 spiro atoms. The fourth-order valence-corrected chi connectivity index (χ4v) is 4.38. The lowest BCUT2D eigenvalue weighted by Gasteiger charge is -2.36. The van der Waals surface area contributed by atoms with Crippen LogP contribution in [0.15, 0.2) is 42.5 Å². The summed E-state index contributed by atoms with van der Waals surface area (Å²) in [6, 6.07) is 16.0. The van der Waals surface area contributed by atoms with Gasteiger partial charge in [0.2, 0.25) is 0 Å². The smallest absolute Gasteiger partial charge is 0.0810 e. The zero-order valence-corrected chi connectivity index (χ0v) is 11.6. The number of fused-ring (bicyclic) bond motifs is 5. The maximum atomic E-state index is 2.38. The lowest BCUT2D eigenvalue weighted by Crippen LogP contribution is -2.28. The third-order valence-corrected chi connectivity index (χ3v) is 5.21. The van der Waals surface area contributed by atoms with Gasteiger partial charge in [0.25, 0.3) is 0 Å². The van der Waals surface area contributed by atoms with Crippen LogP contribution in [-0.4, -0.2) is 7.85 Å². The van der Waals surface area contributed by atoms with Gasteiger partial charge in [-0.15, -0.1) is 0 Å². The Bertz CT molecular complexity index is 636. The molecule has 2 aliphatic carbocycles. The summed E-state index contributed by atoms with van der Waals surface area (Å²) in [5.41, 5.74) is 7.99. The van der Waals surface area contributed by atoms with Crippen LogP contribution in [0.3, 0.4) is 0 Å². The first-order chi connectivity index (χ1) is 9.33. The molecule has 0 unspecified atom stereocenters. The largest absolute Gasteiger partial charge is 0.140 e. The van der Waals surface area contributed by atoms with Crippen LogP contribution in [0.4, 0.5) is 0 Å². The Hall–Kier alpha value is -1.50. The molecule has 2 aromatic rings. The molecule has 0 aromatic heterocycles. The first kappa shape index (κ1) is 11.3. The van der Waals surface area contributed by atoms with Crippen molar-refractivity contribution < 1.29 is 0 Å². The highest BCUT2D eigenvalue weighted by Crippen LogP contribution is 2.54. The Morgan fingerprint density at radius 3 is 2.37 bits per heavy atom. The zero-order valence-electron chi connectivity index (χ0n) is 11.6. The van der Waals surface area contributed by atoms with Crippen molar-refractivity contribution in [3.8, 4) is 11.1 Å². The van der Waals surface area contributed by atoms with Gasteiger partial charge in [0.15, 0.2) is 0 Å². The molecular weight excluding hydrogens is 227 g/mol. The lowest BCUT2D eigenvalue weighted by atomic mass is 9.67. The average molecular weight is 246 g/mol. The Kier molecular flexibility index (Phi) is 2.39. The molecule has 0 aliphatic heterocycles. The Morgan fingerprint density at radius 1 is 0.789 bits per heavy atom. The third-order valence-electron chi connectivity index (χ3n) is 5.21. The minimum atomic E-state index is 0.330. The van der Waals surface area contributed by atoms with E-state index in [1.54, 1.807) is 11.1 Å². The average Bonchev–Trinajstić information content (AvgIpc) is 2.73. The summed E-state index contributed by atoms with van der Waals surface area (Å²) in [6.45, 7) is 0. The molecule has 0 bridgehead atoms. The molecule has 94 valence electrons. The highest BCUT2D eigenvalue weighted by Gasteiger charge is 2.43. The second-order valence-corrected chi connectivity index (χ2v) is 6.19. The fourth-order valence-electron chi connectivity index (χ4n) is 4.38. The zero-order chi connectivity index (χ0) is 12.9. The predicted molar refractivity (Wildman–Crippen MR) is 83.9 cm³/mol. The van der Waals surface area contributed by atoms with Gasteiger partial charge in [-0.25, -0.2) is 0 Å². The van der Waals surface area contributed by atoms with Crippen molar-refractivity contribution >= 4 is 13.3 Å². The highest BCUT2D eigenvalue weighted by atomic mass is 14.5. The molecule has 0 amide bonds. The molecule has 0 atom stereocenters. The van der Waals surface area contributed by atoms with Gasteiger partial charge >= 0.3 is 0 Å². The van der Waals surface area contributed by atoms with Gasteiger partial charge in [-0.1, -0.05) is 67.2 Å². The van der Waals surface area contributed by atoms with Gasteiger partial charge in [0, 0.05) is 5.41 Å². The Labute approximate surface area is 116 Å². The monoisotopic (exact) mass is 246 g/mol. The van der Waals surface area contributed by atoms with Gasteiger partial charge in [0.1, 0.15) is 7.85 Å². The van der Waals surface area contributed by atoms with Crippen molar-refractivity contribution in [2.24, 2.45) is 0 Å². The van der Waals surface area contributed by atoms with E-state index < -0.39 is 0 Å². The Morgan fingerprint density at radius 2 is 1.53 bits per heavy atom. The molecule has 1 fully saturated rings. The maximum Gasteiger partial charge on any atom is 0.140 e. The summed E-state index contributed by atoms with van der Waals surface area (Å²) in [5, 5.41) is 0. The second-order valence-electron chi connectivity index (χ2n) is 6.19. The van der Waals surface area contributed by atoms with E-state index in [2.05, 4.69) is 50.3 Å². The summed E-state index contributed by atoms with van der Waals surface area (Å²) >= 11 is 0. The van der Waals surface area contributed by atoms with Crippen molar-refractivity contribution in [2.75, 3.05) is 0 Å². The molecule has 1 heteroatoms. The van der Waals surface area contributed by atoms with Crippen LogP contribution in [0.1, 0.15) is 43.2 Å². The molecule has 2 aromatic carbocycles. The van der Waals surface area contributed by atoms with E-state index in [-0.39, 0.29) is 0 Å². The molecule has 0 heterocycles. The van der Waals surface area contributed by atoms with Crippen LogP contribution in [0, 0.1) is 0 Å². The van der Waals surface area contributed by atoms with E-state index in [1.165, 1.54) is 48.7 Å². The fraction of sp³-hybridized carbons (Fsp3) is 0.333. The van der Waals surface area contributed by atoms with E-state index in [9.17, 15) is 0 Å². The van der Waals surface area contributed by atoms with E-state index in [0.717, 1.165) is 0 Å². The van der Waals surface area contributed by atoms with Gasteiger partial charge in [-0.3, -0.25) is 0 Å². The SMILES string of the molecule is Bc1cccc2c1-c1ccccc1C21CCCCC1. The van der Waals surface area contributed by atoms with Crippen molar-refractivity contribution in [1.82, 2.24) is 0 Å². The quantitative estimate of drug-likeness (QED) is 0.626. The standard InChI is InChI=1S/C18H19B/c19-16-10-6-9-15-17(16)13-7-2-3-8-14(13)18(15)11-4-1-5-12-18/h2-3,6-10H,1,4-5,11-12,19H2. The first-order valence-corrected chi connectivity index (χ1v) is 7.53. The molecule has 0 radical (unpaired) electrons. The molecule has 0 nitrogen and oxygen atoms in total. The van der Waals surface area contributed by atoms with E-state index in [1.807, 2.05) is 0 Å². The highest BCUT2D eigenvalue weighted by molar-refractivity contribution is 6.36. The number of benzene rings is 2. The maximum absolute atomic E-state index is 2.38. The molecule has 19 heavy (non-hydrogen) atoms. The number of hydrogen-bond donors (Lipinski definition) is 0. The minimum absolute atomic E-state index is 0.330. The van der Waals surface area contributed by atoms with Gasteiger partial charge in [0.05, 0.1) is 0 Å². The van der Waals surface area contributed by atoms with Gasteiger partial charge in [-0.2, -0.15) is 0 Å². The van der Waals surface area contributed by atoms with Gasteiger partial charge < -0.3 is 0 Å². The van der Waals surface area contributed by atoms with Crippen LogP contribution in [0.25, 0.3) is 11.1 Å². The summed E-state index contributed by atoms with van der Waals surface area (Å²) in [5.74, 6) is 0. The normalized spacial score (nSPS) is 19.2. The van der Waals surface area contributed by atoms with Crippen molar-refractivity contribution in [2.45, 2.75) is 37.5 Å². The second kappa shape index (κ2) is 4.00. The predicted octanol–water partition coefficient (Wildman–Crippen LogP) is 3.18. The van der Waals surface area contributed by atoms with E-state index in [4.69, 9.17) is 0 Å². The van der Waals surface area contributed by atoms with Crippen molar-refractivity contribution in [1.29, 1.82) is 0 Å². The van der Waals surface area contributed by atoms with E-state index in [0.29, 0.717) is 5.41 Å². The summed E-state index contributed by atoms with van der Waals surface area (Å²) in [7, 11) is 2.26. The minimum Gasteiger partial charge on any atom is -0.0810 e. The Balaban J connectivity index is 2.06. The van der Waals surface area contributed by atoms with Crippen LogP contribution in [0.5, 0.6) is 0 Å².